The van der Waals surface area contributed by atoms with E-state index in [9.17, 15) is 15.8 Å². The summed E-state index contributed by atoms with van der Waals surface area (Å²) in [5.74, 6) is 0. The Balaban J connectivity index is 1.48. The predicted molar refractivity (Wildman–Crippen MR) is 200 cm³/mol. The van der Waals surface area contributed by atoms with Crippen molar-refractivity contribution >= 4 is 43.6 Å². The van der Waals surface area contributed by atoms with Gasteiger partial charge in [0.25, 0.3) is 0 Å². The summed E-state index contributed by atoms with van der Waals surface area (Å²) in [4.78, 5) is 0. The third kappa shape index (κ3) is 4.31. The molecule has 9 aromatic rings. The van der Waals surface area contributed by atoms with Crippen molar-refractivity contribution in [1.82, 2.24) is 9.13 Å². The molecule has 0 spiro atoms. The van der Waals surface area contributed by atoms with Crippen LogP contribution in [0.2, 0.25) is 0 Å². The van der Waals surface area contributed by atoms with Gasteiger partial charge in [0.05, 0.1) is 68.3 Å². The average molecular weight is 636 g/mol. The van der Waals surface area contributed by atoms with Gasteiger partial charge < -0.3 is 9.13 Å². The molecule has 5 nitrogen and oxygen atoms in total. The fourth-order valence-corrected chi connectivity index (χ4v) is 7.48. The van der Waals surface area contributed by atoms with Gasteiger partial charge in [-0.05, 0) is 71.3 Å². The van der Waals surface area contributed by atoms with Crippen molar-refractivity contribution in [2.24, 2.45) is 0 Å². The first kappa shape index (κ1) is 28.8. The molecule has 0 atom stereocenters. The van der Waals surface area contributed by atoms with E-state index in [-0.39, 0.29) is 0 Å². The van der Waals surface area contributed by atoms with Crippen LogP contribution in [0, 0.1) is 34.0 Å². The lowest BCUT2D eigenvalue weighted by Gasteiger charge is -2.21. The van der Waals surface area contributed by atoms with E-state index in [2.05, 4.69) is 81.9 Å². The number of hydrogen-bond donors (Lipinski definition) is 0. The van der Waals surface area contributed by atoms with Crippen LogP contribution >= 0.6 is 0 Å². The lowest BCUT2D eigenvalue weighted by molar-refractivity contribution is 1.13. The van der Waals surface area contributed by atoms with Gasteiger partial charge >= 0.3 is 0 Å². The fourth-order valence-electron chi connectivity index (χ4n) is 7.48. The monoisotopic (exact) mass is 635 g/mol. The number of fused-ring (bicyclic) bond motifs is 6. The number of aromatic nitrogens is 2. The second-order valence-electron chi connectivity index (χ2n) is 12.3. The maximum atomic E-state index is 10.6. The molecule has 0 N–H and O–H groups in total. The van der Waals surface area contributed by atoms with Crippen LogP contribution in [0.4, 0.5) is 0 Å². The molecule has 0 saturated carbocycles. The standard InChI is InChI=1S/C45H25N5/c46-26-29-10-9-12-32(22-29)45-43(49-39-17-6-3-14-35(39)36-15-4-7-18-40(36)49)23-30(27-47)24-44(45)50-41-19-8-5-16-37(41)38-21-20-31(25-42(38)50)34-13-2-1-11-33(34)28-48/h1-25H. The maximum Gasteiger partial charge on any atom is 0.0998 e. The number of benzene rings is 7. The third-order valence-electron chi connectivity index (χ3n) is 9.60. The Labute approximate surface area is 287 Å². The van der Waals surface area contributed by atoms with Gasteiger partial charge in [0.15, 0.2) is 0 Å². The topological polar surface area (TPSA) is 81.2 Å². The van der Waals surface area contributed by atoms with Gasteiger partial charge in [-0.1, -0.05) is 97.1 Å². The molecule has 0 radical (unpaired) electrons. The molecule has 9 rings (SSSR count). The van der Waals surface area contributed by atoms with E-state index in [0.29, 0.717) is 16.7 Å². The minimum atomic E-state index is 0.508. The SMILES string of the molecule is N#Cc1cccc(-c2c(-n3c4ccccc4c4ccccc43)cc(C#N)cc2-n2c3ccccc3c3ccc(-c4ccccc4C#N)cc32)c1. The Morgan fingerprint density at radius 1 is 0.380 bits per heavy atom. The molecule has 0 aliphatic rings. The summed E-state index contributed by atoms with van der Waals surface area (Å²) in [6.45, 7) is 0. The van der Waals surface area contributed by atoms with Crippen molar-refractivity contribution in [1.29, 1.82) is 15.8 Å². The molecule has 0 aliphatic heterocycles. The second-order valence-corrected chi connectivity index (χ2v) is 12.3. The van der Waals surface area contributed by atoms with E-state index >= 15 is 0 Å². The zero-order chi connectivity index (χ0) is 33.8. The van der Waals surface area contributed by atoms with Gasteiger partial charge in [0.1, 0.15) is 0 Å². The molecule has 2 aromatic heterocycles. The molecule has 0 aliphatic carbocycles. The van der Waals surface area contributed by atoms with Gasteiger partial charge in [-0.25, -0.2) is 0 Å². The number of nitriles is 3. The Hall–Kier alpha value is -7.39. The summed E-state index contributed by atoms with van der Waals surface area (Å²) in [6, 6.07) is 57.7. The van der Waals surface area contributed by atoms with Crippen molar-refractivity contribution in [2.45, 2.75) is 0 Å². The molecular formula is C45H25N5. The fraction of sp³-hybridized carbons (Fsp3) is 0. The van der Waals surface area contributed by atoms with Crippen LogP contribution in [-0.2, 0) is 0 Å². The minimum absolute atomic E-state index is 0.508. The van der Waals surface area contributed by atoms with Crippen LogP contribution in [0.3, 0.4) is 0 Å². The summed E-state index contributed by atoms with van der Waals surface area (Å²) >= 11 is 0. The summed E-state index contributed by atoms with van der Waals surface area (Å²) in [5, 5.41) is 34.9. The molecular weight excluding hydrogens is 611 g/mol. The van der Waals surface area contributed by atoms with E-state index in [1.165, 1.54) is 0 Å². The van der Waals surface area contributed by atoms with E-state index in [1.807, 2.05) is 97.1 Å². The van der Waals surface area contributed by atoms with Crippen molar-refractivity contribution in [2.75, 3.05) is 0 Å². The lowest BCUT2D eigenvalue weighted by atomic mass is 9.96. The van der Waals surface area contributed by atoms with Crippen LogP contribution in [0.25, 0.3) is 77.2 Å². The Morgan fingerprint density at radius 2 is 0.920 bits per heavy atom. The third-order valence-corrected chi connectivity index (χ3v) is 9.60. The van der Waals surface area contributed by atoms with Gasteiger partial charge in [-0.3, -0.25) is 0 Å². The molecule has 0 bridgehead atoms. The largest absolute Gasteiger partial charge is 0.308 e. The molecule has 7 aromatic carbocycles. The van der Waals surface area contributed by atoms with Crippen molar-refractivity contribution in [3.63, 3.8) is 0 Å². The van der Waals surface area contributed by atoms with Crippen LogP contribution in [0.1, 0.15) is 16.7 Å². The van der Waals surface area contributed by atoms with E-state index < -0.39 is 0 Å². The highest BCUT2D eigenvalue weighted by Gasteiger charge is 2.23. The quantitative estimate of drug-likeness (QED) is 0.193. The predicted octanol–water partition coefficient (Wildman–Crippen LogP) is 10.8. The highest BCUT2D eigenvalue weighted by Crippen LogP contribution is 2.43. The van der Waals surface area contributed by atoms with Gasteiger partial charge in [-0.15, -0.1) is 0 Å². The van der Waals surface area contributed by atoms with Crippen LogP contribution < -0.4 is 0 Å². The first-order valence-electron chi connectivity index (χ1n) is 16.3. The number of rotatable bonds is 4. The van der Waals surface area contributed by atoms with Crippen molar-refractivity contribution < 1.29 is 0 Å². The summed E-state index contributed by atoms with van der Waals surface area (Å²) in [6.07, 6.45) is 0. The Bertz CT molecular complexity index is 2920. The smallest absolute Gasteiger partial charge is 0.0998 e. The number of para-hydroxylation sites is 3. The summed E-state index contributed by atoms with van der Waals surface area (Å²) < 4.78 is 4.47. The highest BCUT2D eigenvalue weighted by atomic mass is 15.0. The van der Waals surface area contributed by atoms with Gasteiger partial charge in [-0.2, -0.15) is 15.8 Å². The first-order chi connectivity index (χ1) is 24.7. The molecule has 230 valence electrons. The summed E-state index contributed by atoms with van der Waals surface area (Å²) in [5.41, 5.74) is 10.8. The molecule has 0 amide bonds. The zero-order valence-corrected chi connectivity index (χ0v) is 26.7. The maximum absolute atomic E-state index is 10.6. The van der Waals surface area contributed by atoms with Crippen LogP contribution in [0.15, 0.2) is 152 Å². The molecule has 0 fully saturated rings. The highest BCUT2D eigenvalue weighted by molar-refractivity contribution is 6.12. The van der Waals surface area contributed by atoms with Crippen LogP contribution in [-0.4, -0.2) is 9.13 Å². The van der Waals surface area contributed by atoms with Gasteiger partial charge in [0, 0.05) is 27.1 Å². The first-order valence-corrected chi connectivity index (χ1v) is 16.3. The number of nitrogens with zero attached hydrogens (tertiary/aromatic N) is 5. The Morgan fingerprint density at radius 3 is 1.52 bits per heavy atom. The van der Waals surface area contributed by atoms with Crippen molar-refractivity contribution in [3.8, 4) is 51.8 Å². The van der Waals surface area contributed by atoms with Gasteiger partial charge in [0.2, 0.25) is 0 Å². The molecule has 0 saturated heterocycles. The normalized spacial score (nSPS) is 11.1. The second kappa shape index (κ2) is 11.4. The Kier molecular flexibility index (Phi) is 6.56. The molecule has 50 heavy (non-hydrogen) atoms. The van der Waals surface area contributed by atoms with Crippen molar-refractivity contribution in [3.05, 3.63) is 168 Å². The summed E-state index contributed by atoms with van der Waals surface area (Å²) in [7, 11) is 0. The van der Waals surface area contributed by atoms with E-state index in [4.69, 9.17) is 0 Å². The number of hydrogen-bond acceptors (Lipinski definition) is 3. The van der Waals surface area contributed by atoms with E-state index in [1.54, 1.807) is 0 Å². The zero-order valence-electron chi connectivity index (χ0n) is 26.7. The minimum Gasteiger partial charge on any atom is -0.308 e. The van der Waals surface area contributed by atoms with Crippen LogP contribution in [0.5, 0.6) is 0 Å². The lowest BCUT2D eigenvalue weighted by Crippen LogP contribution is -2.05. The molecule has 5 heteroatoms. The molecule has 0 unspecified atom stereocenters. The molecule has 2 heterocycles. The van der Waals surface area contributed by atoms with E-state index in [0.717, 1.165) is 77.2 Å². The average Bonchev–Trinajstić information content (AvgIpc) is 3.70.